The van der Waals surface area contributed by atoms with Gasteiger partial charge in [-0.05, 0) is 17.5 Å². The highest BCUT2D eigenvalue weighted by Gasteiger charge is 2.53. The fourth-order valence-electron chi connectivity index (χ4n) is 2.36. The molecule has 0 aliphatic carbocycles. The molecule has 134 valence electrons. The van der Waals surface area contributed by atoms with Crippen LogP contribution in [0, 0.1) is 0 Å². The lowest BCUT2D eigenvalue weighted by Gasteiger charge is -2.48. The maximum absolute atomic E-state index is 12.3. The van der Waals surface area contributed by atoms with Gasteiger partial charge in [0, 0.05) is 10.6 Å². The molecule has 0 aromatic carbocycles. The number of nitrogens with zero attached hydrogens (tertiary/aromatic N) is 1. The number of rotatable bonds is 4. The molecule has 1 aromatic heterocycles. The number of thioether (sulfide) groups is 1. The first-order chi connectivity index (χ1) is 11.8. The molecule has 3 heterocycles. The highest BCUT2D eigenvalue weighted by Crippen LogP contribution is 2.38. The van der Waals surface area contributed by atoms with Crippen molar-refractivity contribution in [3.63, 3.8) is 0 Å². The number of amides is 2. The van der Waals surface area contributed by atoms with E-state index in [4.69, 9.17) is 0 Å². The van der Waals surface area contributed by atoms with Gasteiger partial charge in [0.25, 0.3) is 5.91 Å². The monoisotopic (exact) mass is 392 g/mol. The van der Waals surface area contributed by atoms with Crippen molar-refractivity contribution in [2.75, 3.05) is 5.75 Å². The molecule has 1 aromatic rings. The number of ether oxygens (including phenoxy) is 1. The molecule has 0 radical (unpaired) electrons. The highest BCUT2D eigenvalue weighted by molar-refractivity contribution is 8.00. The van der Waals surface area contributed by atoms with Gasteiger partial charge < -0.3 is 10.1 Å². The van der Waals surface area contributed by atoms with Gasteiger partial charge in [0.1, 0.15) is 11.4 Å². The summed E-state index contributed by atoms with van der Waals surface area (Å²) in [6.45, 7) is 0. The maximum atomic E-state index is 12.3. The van der Waals surface area contributed by atoms with Gasteiger partial charge in [0.05, 0.1) is 6.42 Å². The van der Waals surface area contributed by atoms with E-state index in [1.54, 1.807) is 12.1 Å². The Balaban J connectivity index is 1.61. The van der Waals surface area contributed by atoms with E-state index in [9.17, 15) is 27.6 Å². The first kappa shape index (κ1) is 17.8. The molecule has 0 bridgehead atoms. The Kier molecular flexibility index (Phi) is 4.78. The number of hydrogen-bond donors (Lipinski definition) is 1. The Morgan fingerprint density at radius 2 is 2.16 bits per heavy atom. The summed E-state index contributed by atoms with van der Waals surface area (Å²) in [4.78, 5) is 36.9. The van der Waals surface area contributed by atoms with Crippen molar-refractivity contribution in [2.24, 2.45) is 0 Å². The molecule has 1 N–H and O–H groups in total. The van der Waals surface area contributed by atoms with Crippen LogP contribution in [0.15, 0.2) is 29.5 Å². The van der Waals surface area contributed by atoms with Crippen LogP contribution < -0.4 is 5.32 Å². The van der Waals surface area contributed by atoms with E-state index in [1.165, 1.54) is 29.2 Å². The van der Waals surface area contributed by atoms with Crippen LogP contribution in [0.4, 0.5) is 13.2 Å². The average Bonchev–Trinajstić information content (AvgIpc) is 3.04. The molecule has 1 saturated heterocycles. The number of nitrogens with one attached hydrogen (secondary N) is 1. The topological polar surface area (TPSA) is 75.7 Å². The number of esters is 1. The zero-order valence-electron chi connectivity index (χ0n) is 12.4. The Labute approximate surface area is 148 Å². The Bertz CT molecular complexity index is 733. The van der Waals surface area contributed by atoms with E-state index < -0.39 is 35.4 Å². The van der Waals surface area contributed by atoms with Crippen LogP contribution in [-0.4, -0.2) is 46.0 Å². The number of β-lactam (4-membered cyclic amide) rings is 1. The van der Waals surface area contributed by atoms with Crippen molar-refractivity contribution in [1.82, 2.24) is 10.2 Å². The fourth-order valence-corrected chi connectivity index (χ4v) is 4.23. The van der Waals surface area contributed by atoms with Crippen LogP contribution in [0.2, 0.25) is 0 Å². The number of fused-ring (bicyclic) bond motifs is 1. The van der Waals surface area contributed by atoms with Gasteiger partial charge in [0.15, 0.2) is 0 Å². The molecule has 1 fully saturated rings. The predicted octanol–water partition coefficient (Wildman–Crippen LogP) is 1.64. The minimum absolute atomic E-state index is 0.116. The summed E-state index contributed by atoms with van der Waals surface area (Å²) in [5.41, 5.74) is 0. The van der Waals surface area contributed by atoms with Crippen LogP contribution in [0.5, 0.6) is 0 Å². The lowest BCUT2D eigenvalue weighted by Crippen LogP contribution is -2.70. The van der Waals surface area contributed by atoms with Crippen LogP contribution >= 0.6 is 23.1 Å². The molecule has 2 atom stereocenters. The number of carbonyl (C=O) groups excluding carboxylic acids is 3. The summed E-state index contributed by atoms with van der Waals surface area (Å²) in [6, 6.07) is 2.73. The molecule has 2 unspecified atom stereocenters. The second-order valence-corrected chi connectivity index (χ2v) is 7.34. The summed E-state index contributed by atoms with van der Waals surface area (Å²) < 4.78 is 41.2. The minimum atomic E-state index is -5.15. The lowest BCUT2D eigenvalue weighted by molar-refractivity contribution is -0.199. The quantitative estimate of drug-likeness (QED) is 0.623. The van der Waals surface area contributed by atoms with Crippen molar-refractivity contribution in [1.29, 1.82) is 0 Å². The summed E-state index contributed by atoms with van der Waals surface area (Å²) in [6.07, 6.45) is -3.81. The Morgan fingerprint density at radius 1 is 1.40 bits per heavy atom. The molecule has 3 rings (SSSR count). The largest absolute Gasteiger partial charge is 0.491 e. The number of carbonyl (C=O) groups is 3. The summed E-state index contributed by atoms with van der Waals surface area (Å²) >= 11 is 2.66. The molecule has 2 aliphatic heterocycles. The normalized spacial score (nSPS) is 22.6. The van der Waals surface area contributed by atoms with Crippen LogP contribution in [0.3, 0.4) is 0 Å². The van der Waals surface area contributed by atoms with Crippen LogP contribution in [0.1, 0.15) is 4.88 Å². The molecule has 0 saturated carbocycles. The van der Waals surface area contributed by atoms with E-state index in [2.05, 4.69) is 10.1 Å². The van der Waals surface area contributed by atoms with E-state index in [0.29, 0.717) is 0 Å². The van der Waals surface area contributed by atoms with Gasteiger partial charge in [-0.1, -0.05) is 6.07 Å². The first-order valence-corrected chi connectivity index (χ1v) is 8.96. The smallest absolute Gasteiger partial charge is 0.403 e. The third kappa shape index (κ3) is 3.66. The van der Waals surface area contributed by atoms with Gasteiger partial charge in [-0.3, -0.25) is 14.5 Å². The van der Waals surface area contributed by atoms with Crippen LogP contribution in [-0.2, 0) is 25.5 Å². The van der Waals surface area contributed by atoms with E-state index in [-0.39, 0.29) is 18.1 Å². The molecule has 2 aliphatic rings. The van der Waals surface area contributed by atoms with Crippen molar-refractivity contribution in [3.05, 3.63) is 34.3 Å². The van der Waals surface area contributed by atoms with Gasteiger partial charge in [-0.2, -0.15) is 13.2 Å². The lowest BCUT2D eigenvalue weighted by atomic mass is 10.1. The van der Waals surface area contributed by atoms with Gasteiger partial charge in [0.2, 0.25) is 11.8 Å². The molecule has 2 amide bonds. The van der Waals surface area contributed by atoms with Crippen LogP contribution in [0.25, 0.3) is 0 Å². The second-order valence-electron chi connectivity index (χ2n) is 5.16. The van der Waals surface area contributed by atoms with Crippen molar-refractivity contribution in [2.45, 2.75) is 24.0 Å². The van der Waals surface area contributed by atoms with E-state index >= 15 is 0 Å². The van der Waals surface area contributed by atoms with E-state index in [0.717, 1.165) is 9.78 Å². The standard InChI is InChI=1S/C14H11F3N2O4S2/c15-14(16,17)13(22)23-9-3-5-25-12-10(11(21)19(9)12)18-8(20)6-7-2-1-4-24-7/h1-4,10,12H,5-6H2,(H,18,20). The molecule has 6 nitrogen and oxygen atoms in total. The zero-order chi connectivity index (χ0) is 18.2. The average molecular weight is 392 g/mol. The van der Waals surface area contributed by atoms with E-state index in [1.807, 2.05) is 5.38 Å². The summed E-state index contributed by atoms with van der Waals surface area (Å²) in [7, 11) is 0. The van der Waals surface area contributed by atoms with Crippen molar-refractivity contribution in [3.8, 4) is 0 Å². The third-order valence-electron chi connectivity index (χ3n) is 3.47. The van der Waals surface area contributed by atoms with Gasteiger partial charge in [-0.15, -0.1) is 23.1 Å². The minimum Gasteiger partial charge on any atom is -0.403 e. The predicted molar refractivity (Wildman–Crippen MR) is 83.3 cm³/mol. The van der Waals surface area contributed by atoms with Crippen molar-refractivity contribution < 1.29 is 32.3 Å². The molecular weight excluding hydrogens is 381 g/mol. The maximum Gasteiger partial charge on any atom is 0.491 e. The van der Waals surface area contributed by atoms with Gasteiger partial charge in [-0.25, -0.2) is 4.79 Å². The van der Waals surface area contributed by atoms with Crippen molar-refractivity contribution >= 4 is 40.9 Å². The number of thiophene rings is 1. The SMILES string of the molecule is O=C(Cc1cccs1)NC1C(=O)N2C(OC(=O)C(F)(F)F)=CCSC12. The summed E-state index contributed by atoms with van der Waals surface area (Å²) in [5, 5.41) is 3.80. The number of hydrogen-bond acceptors (Lipinski definition) is 6. The number of alkyl halides is 3. The first-order valence-electron chi connectivity index (χ1n) is 7.03. The molecule has 0 spiro atoms. The second kappa shape index (κ2) is 6.71. The molecule has 25 heavy (non-hydrogen) atoms. The zero-order valence-corrected chi connectivity index (χ0v) is 14.0. The number of halogens is 3. The Morgan fingerprint density at radius 3 is 2.80 bits per heavy atom. The summed E-state index contributed by atoms with van der Waals surface area (Å²) in [5.74, 6) is -3.55. The van der Waals surface area contributed by atoms with Gasteiger partial charge >= 0.3 is 12.1 Å². The molecular formula is C14H11F3N2O4S2. The third-order valence-corrected chi connectivity index (χ3v) is 5.53. The Hall–Kier alpha value is -2.01. The molecule has 11 heteroatoms. The highest BCUT2D eigenvalue weighted by atomic mass is 32.2. The fraction of sp³-hybridized carbons (Fsp3) is 0.357.